The maximum absolute atomic E-state index is 14.5. The van der Waals surface area contributed by atoms with Gasteiger partial charge in [-0.15, -0.1) is 11.6 Å². The number of nitrogens with one attached hydrogen (secondary N) is 1. The molecule has 4 atom stereocenters. The Hall–Kier alpha value is -3.25. The molecule has 35 heavy (non-hydrogen) atoms. The minimum absolute atomic E-state index is 0.00901. The van der Waals surface area contributed by atoms with E-state index in [1.165, 1.54) is 18.5 Å². The predicted molar refractivity (Wildman–Crippen MR) is 121 cm³/mol. The van der Waals surface area contributed by atoms with Crippen LogP contribution < -0.4 is 11.1 Å². The van der Waals surface area contributed by atoms with E-state index in [2.05, 4.69) is 15.3 Å². The lowest BCUT2D eigenvalue weighted by Crippen LogP contribution is -2.46. The molecule has 0 saturated carbocycles. The second-order valence-corrected chi connectivity index (χ2v) is 8.19. The van der Waals surface area contributed by atoms with E-state index in [1.54, 1.807) is 0 Å². The molecule has 1 aliphatic rings. The van der Waals surface area contributed by atoms with Gasteiger partial charge in [0.15, 0.2) is 11.5 Å². The van der Waals surface area contributed by atoms with Crippen molar-refractivity contribution in [3.63, 3.8) is 0 Å². The Balaban J connectivity index is 1.67. The number of halogens is 4. The number of rotatable bonds is 5. The Morgan fingerprint density at radius 1 is 1.20 bits per heavy atom. The van der Waals surface area contributed by atoms with Crippen LogP contribution in [0.15, 0.2) is 42.7 Å². The van der Waals surface area contributed by atoms with Crippen LogP contribution in [-0.4, -0.2) is 50.3 Å². The number of aliphatic hydroxyl groups excluding tert-OH is 2. The summed E-state index contributed by atoms with van der Waals surface area (Å²) in [7, 11) is 0. The molecule has 0 spiro atoms. The molecule has 1 aromatic carbocycles. The highest BCUT2D eigenvalue weighted by Crippen LogP contribution is 2.36. The molecule has 8 nitrogen and oxygen atoms in total. The average Bonchev–Trinajstić information content (AvgIpc) is 2.82. The Kier molecular flexibility index (Phi) is 7.22. The van der Waals surface area contributed by atoms with Crippen LogP contribution in [0.3, 0.4) is 0 Å². The summed E-state index contributed by atoms with van der Waals surface area (Å²) in [4.78, 5) is 20.8. The van der Waals surface area contributed by atoms with Gasteiger partial charge in [-0.2, -0.15) is 0 Å². The van der Waals surface area contributed by atoms with Crippen LogP contribution in [0.5, 0.6) is 0 Å². The number of hydrogen-bond acceptors (Lipinski definition) is 7. The first-order chi connectivity index (χ1) is 16.7. The van der Waals surface area contributed by atoms with E-state index in [1.807, 2.05) is 0 Å². The van der Waals surface area contributed by atoms with Crippen LogP contribution in [0.2, 0.25) is 0 Å². The summed E-state index contributed by atoms with van der Waals surface area (Å²) in [5.74, 6) is -4.22. The van der Waals surface area contributed by atoms with E-state index in [0.717, 1.165) is 24.3 Å². The molecular weight excluding hydrogens is 489 g/mol. The third-order valence-electron chi connectivity index (χ3n) is 5.59. The van der Waals surface area contributed by atoms with Gasteiger partial charge in [-0.1, -0.05) is 6.07 Å². The van der Waals surface area contributed by atoms with Crippen molar-refractivity contribution < 1.29 is 32.9 Å². The molecule has 3 heterocycles. The zero-order chi connectivity index (χ0) is 25.3. The molecule has 0 radical (unpaired) electrons. The molecule has 1 aliphatic heterocycles. The van der Waals surface area contributed by atoms with Gasteiger partial charge in [0.2, 0.25) is 0 Å². The van der Waals surface area contributed by atoms with Crippen LogP contribution in [-0.2, 0) is 4.74 Å². The van der Waals surface area contributed by atoms with Gasteiger partial charge in [0.05, 0.1) is 41.2 Å². The van der Waals surface area contributed by atoms with E-state index in [0.29, 0.717) is 5.56 Å². The summed E-state index contributed by atoms with van der Waals surface area (Å²) < 4.78 is 48.8. The van der Waals surface area contributed by atoms with Crippen molar-refractivity contribution in [3.05, 3.63) is 71.4 Å². The topological polar surface area (TPSA) is 131 Å². The SMILES string of the molecule is Nc1cc(F)c(-c2c(F)cccc2F)nc1C(=O)Nc1cnccc1C1CC(O)C(O)C(CCl)O1. The number of carbonyl (C=O) groups is 1. The average molecular weight is 509 g/mol. The van der Waals surface area contributed by atoms with Crippen LogP contribution in [0, 0.1) is 17.5 Å². The van der Waals surface area contributed by atoms with E-state index in [-0.39, 0.29) is 23.7 Å². The number of benzene rings is 1. The standard InChI is InChI=1S/C23H20ClF3N4O4/c24-8-18-22(33)16(32)7-17(35-18)10-4-5-29-9-15(10)30-23(34)21-14(28)6-13(27)20(31-21)19-11(25)2-1-3-12(19)26/h1-6,9,16-18,22,32-33H,7-8,28H2,(H,30,34). The number of nitrogens with two attached hydrogens (primary N) is 1. The largest absolute Gasteiger partial charge is 0.397 e. The molecule has 3 aromatic rings. The molecular formula is C23H20ClF3N4O4. The second kappa shape index (κ2) is 10.2. The number of carbonyl (C=O) groups excluding carboxylic acids is 1. The molecule has 0 bridgehead atoms. The predicted octanol–water partition coefficient (Wildman–Crippen LogP) is 3.19. The molecule has 12 heteroatoms. The zero-order valence-corrected chi connectivity index (χ0v) is 18.7. The van der Waals surface area contributed by atoms with Crippen molar-refractivity contribution >= 4 is 28.9 Å². The van der Waals surface area contributed by atoms with Gasteiger partial charge < -0.3 is 26.0 Å². The molecule has 1 saturated heterocycles. The highest BCUT2D eigenvalue weighted by molar-refractivity contribution is 6.18. The lowest BCUT2D eigenvalue weighted by atomic mass is 9.94. The number of aliphatic hydroxyl groups is 2. The van der Waals surface area contributed by atoms with E-state index < -0.39 is 64.7 Å². The molecule has 0 aliphatic carbocycles. The van der Waals surface area contributed by atoms with Gasteiger partial charge >= 0.3 is 0 Å². The van der Waals surface area contributed by atoms with Gasteiger partial charge in [-0.05, 0) is 18.2 Å². The smallest absolute Gasteiger partial charge is 0.276 e. The summed E-state index contributed by atoms with van der Waals surface area (Å²) in [6, 6.07) is 5.26. The van der Waals surface area contributed by atoms with Crippen molar-refractivity contribution in [2.45, 2.75) is 30.8 Å². The maximum Gasteiger partial charge on any atom is 0.276 e. The Morgan fingerprint density at radius 2 is 1.91 bits per heavy atom. The fourth-order valence-corrected chi connectivity index (χ4v) is 4.09. The fraction of sp³-hybridized carbons (Fsp3) is 0.261. The number of ether oxygens (including phenoxy) is 1. The number of anilines is 2. The number of hydrogen-bond donors (Lipinski definition) is 4. The van der Waals surface area contributed by atoms with Gasteiger partial charge in [0, 0.05) is 24.2 Å². The number of nitrogen functional groups attached to an aromatic ring is 1. The van der Waals surface area contributed by atoms with Gasteiger partial charge in [-0.3, -0.25) is 9.78 Å². The lowest BCUT2D eigenvalue weighted by Gasteiger charge is -2.37. The monoisotopic (exact) mass is 508 g/mol. The summed E-state index contributed by atoms with van der Waals surface area (Å²) in [6.07, 6.45) is -1.15. The Morgan fingerprint density at radius 3 is 2.60 bits per heavy atom. The van der Waals surface area contributed by atoms with E-state index >= 15 is 0 Å². The van der Waals surface area contributed by atoms with Crippen molar-refractivity contribution in [2.75, 3.05) is 16.9 Å². The molecule has 4 rings (SSSR count). The van der Waals surface area contributed by atoms with Crippen LogP contribution in [0.1, 0.15) is 28.6 Å². The van der Waals surface area contributed by atoms with Crippen molar-refractivity contribution in [1.29, 1.82) is 0 Å². The fourth-order valence-electron chi connectivity index (χ4n) is 3.84. The van der Waals surface area contributed by atoms with Gasteiger partial charge in [-0.25, -0.2) is 18.2 Å². The number of aromatic nitrogens is 2. The Labute approximate surface area is 202 Å². The summed E-state index contributed by atoms with van der Waals surface area (Å²) >= 11 is 5.83. The molecule has 1 fully saturated rings. The van der Waals surface area contributed by atoms with Gasteiger partial charge in [0.1, 0.15) is 29.5 Å². The van der Waals surface area contributed by atoms with Gasteiger partial charge in [0.25, 0.3) is 5.91 Å². The number of alkyl halides is 1. The third-order valence-corrected chi connectivity index (χ3v) is 5.90. The van der Waals surface area contributed by atoms with Crippen molar-refractivity contribution in [2.24, 2.45) is 0 Å². The summed E-state index contributed by atoms with van der Waals surface area (Å²) in [6.45, 7) is 0. The van der Waals surface area contributed by atoms with Crippen LogP contribution in [0.4, 0.5) is 24.5 Å². The molecule has 4 unspecified atom stereocenters. The summed E-state index contributed by atoms with van der Waals surface area (Å²) in [5, 5.41) is 22.8. The Bertz CT molecular complexity index is 1250. The van der Waals surface area contributed by atoms with E-state index in [9.17, 15) is 28.2 Å². The lowest BCUT2D eigenvalue weighted by molar-refractivity contribution is -0.162. The molecule has 184 valence electrons. The number of nitrogens with zero attached hydrogens (tertiary/aromatic N) is 2. The minimum atomic E-state index is -1.18. The van der Waals surface area contributed by atoms with Crippen LogP contribution >= 0.6 is 11.6 Å². The van der Waals surface area contributed by atoms with E-state index in [4.69, 9.17) is 22.1 Å². The minimum Gasteiger partial charge on any atom is -0.397 e. The number of amides is 1. The quantitative estimate of drug-likeness (QED) is 0.389. The normalized spacial score (nSPS) is 22.1. The first kappa shape index (κ1) is 24.9. The summed E-state index contributed by atoms with van der Waals surface area (Å²) in [5.41, 5.74) is 4.06. The first-order valence-corrected chi connectivity index (χ1v) is 11.0. The van der Waals surface area contributed by atoms with Crippen molar-refractivity contribution in [3.8, 4) is 11.3 Å². The number of pyridine rings is 2. The van der Waals surface area contributed by atoms with Crippen molar-refractivity contribution in [1.82, 2.24) is 9.97 Å². The maximum atomic E-state index is 14.5. The van der Waals surface area contributed by atoms with Crippen LogP contribution in [0.25, 0.3) is 11.3 Å². The third kappa shape index (κ3) is 4.94. The highest BCUT2D eigenvalue weighted by atomic mass is 35.5. The highest BCUT2D eigenvalue weighted by Gasteiger charge is 2.37. The zero-order valence-electron chi connectivity index (χ0n) is 18.0. The second-order valence-electron chi connectivity index (χ2n) is 7.88. The molecule has 5 N–H and O–H groups in total. The molecule has 2 aromatic heterocycles. The molecule has 1 amide bonds. The first-order valence-electron chi connectivity index (χ1n) is 10.4.